The molecule has 12 nitrogen and oxygen atoms in total. The van der Waals surface area contributed by atoms with Crippen molar-refractivity contribution in [3.05, 3.63) is 71.4 Å². The van der Waals surface area contributed by atoms with Gasteiger partial charge in [-0.2, -0.15) is 4.98 Å². The van der Waals surface area contributed by atoms with Crippen molar-refractivity contribution >= 4 is 5.91 Å². The van der Waals surface area contributed by atoms with Gasteiger partial charge in [0.2, 0.25) is 11.7 Å². The number of hydrogen-bond donors (Lipinski definition) is 1. The zero-order chi connectivity index (χ0) is 26.8. The molecule has 0 unspecified atom stereocenters. The van der Waals surface area contributed by atoms with Crippen LogP contribution < -0.4 is 14.8 Å². The minimum absolute atomic E-state index is 0.221. The van der Waals surface area contributed by atoms with Crippen LogP contribution >= 0.6 is 0 Å². The number of fused-ring (bicyclic) bond motifs is 5. The molecule has 2 atom stereocenters. The number of rotatable bonds is 4. The highest BCUT2D eigenvalue weighted by molar-refractivity contribution is 5.95. The maximum atomic E-state index is 13.3. The number of carbonyl (C=O) groups is 1. The van der Waals surface area contributed by atoms with Gasteiger partial charge in [0.25, 0.3) is 5.91 Å². The second-order valence-corrected chi connectivity index (χ2v) is 9.69. The van der Waals surface area contributed by atoms with Crippen LogP contribution in [0.1, 0.15) is 27.5 Å². The summed E-state index contributed by atoms with van der Waals surface area (Å²) in [6, 6.07) is 12.8. The summed E-state index contributed by atoms with van der Waals surface area (Å²) in [6.07, 6.45) is 1.56. The van der Waals surface area contributed by atoms with Gasteiger partial charge < -0.3 is 24.1 Å². The highest BCUT2D eigenvalue weighted by Crippen LogP contribution is 2.29. The molecule has 0 aliphatic carbocycles. The topological polar surface area (TPSA) is 130 Å². The number of amides is 1. The third-order valence-electron chi connectivity index (χ3n) is 6.83. The lowest BCUT2D eigenvalue weighted by Gasteiger charge is -2.20. The summed E-state index contributed by atoms with van der Waals surface area (Å²) >= 11 is 0. The van der Waals surface area contributed by atoms with Crippen LogP contribution in [0.4, 0.5) is 0 Å². The maximum absolute atomic E-state index is 13.3. The Morgan fingerprint density at radius 2 is 1.97 bits per heavy atom. The number of ether oxygens (including phenoxy) is 3. The van der Waals surface area contributed by atoms with Crippen molar-refractivity contribution in [1.29, 1.82) is 0 Å². The average Bonchev–Trinajstić information content (AvgIpc) is 3.68. The number of aryl methyl sites for hydroxylation is 1. The molecule has 2 aromatic heterocycles. The lowest BCUT2D eigenvalue weighted by atomic mass is 10.1. The fraction of sp³-hybridized carbons (Fsp3) is 0.370. The van der Waals surface area contributed by atoms with E-state index >= 15 is 0 Å². The Morgan fingerprint density at radius 1 is 1.13 bits per heavy atom. The van der Waals surface area contributed by atoms with Crippen LogP contribution in [-0.2, 0) is 24.4 Å². The molecule has 202 valence electrons. The number of aromatic nitrogens is 5. The number of methoxy groups -OCH3 is 1. The van der Waals surface area contributed by atoms with E-state index in [1.54, 1.807) is 30.0 Å². The van der Waals surface area contributed by atoms with E-state index in [-0.39, 0.29) is 24.7 Å². The van der Waals surface area contributed by atoms with E-state index in [2.05, 4.69) is 30.7 Å². The van der Waals surface area contributed by atoms with Gasteiger partial charge in [0, 0.05) is 24.2 Å². The summed E-state index contributed by atoms with van der Waals surface area (Å²) in [6.45, 7) is 4.68. The van der Waals surface area contributed by atoms with Gasteiger partial charge in [0.1, 0.15) is 12.3 Å². The second kappa shape index (κ2) is 10.8. The molecule has 4 bridgehead atoms. The summed E-state index contributed by atoms with van der Waals surface area (Å²) < 4.78 is 24.8. The third-order valence-corrected chi connectivity index (χ3v) is 6.83. The van der Waals surface area contributed by atoms with Gasteiger partial charge in [-0.3, -0.25) is 9.69 Å². The number of benzene rings is 2. The highest BCUT2D eigenvalue weighted by atomic mass is 16.5. The largest absolute Gasteiger partial charge is 0.493 e. The van der Waals surface area contributed by atoms with Crippen LogP contribution in [0.25, 0.3) is 11.4 Å². The van der Waals surface area contributed by atoms with Crippen LogP contribution in [0.2, 0.25) is 0 Å². The molecule has 2 aromatic carbocycles. The first kappa shape index (κ1) is 25.0. The van der Waals surface area contributed by atoms with Gasteiger partial charge >= 0.3 is 0 Å². The van der Waals surface area contributed by atoms with Gasteiger partial charge in [-0.1, -0.05) is 40.2 Å². The summed E-state index contributed by atoms with van der Waals surface area (Å²) in [5, 5.41) is 15.7. The van der Waals surface area contributed by atoms with E-state index in [1.165, 1.54) is 0 Å². The molecule has 39 heavy (non-hydrogen) atoms. The normalized spacial score (nSPS) is 19.9. The Bertz CT molecular complexity index is 1450. The van der Waals surface area contributed by atoms with Crippen molar-refractivity contribution < 1.29 is 23.5 Å². The molecular weight excluding hydrogens is 502 g/mol. The van der Waals surface area contributed by atoms with Crippen molar-refractivity contribution in [2.24, 2.45) is 0 Å². The number of nitrogens with zero attached hydrogens (tertiary/aromatic N) is 6. The molecular formula is C27H29N7O5. The van der Waals surface area contributed by atoms with Gasteiger partial charge in [0.05, 0.1) is 45.1 Å². The molecule has 0 spiro atoms. The predicted octanol–water partition coefficient (Wildman–Crippen LogP) is 2.24. The highest BCUT2D eigenvalue weighted by Gasteiger charge is 2.36. The number of nitrogens with one attached hydrogen (secondary N) is 1. The van der Waals surface area contributed by atoms with Gasteiger partial charge in [0.15, 0.2) is 11.5 Å². The summed E-state index contributed by atoms with van der Waals surface area (Å²) in [5.41, 5.74) is 3.23. The minimum Gasteiger partial charge on any atom is -0.493 e. The quantitative estimate of drug-likeness (QED) is 0.418. The van der Waals surface area contributed by atoms with Crippen LogP contribution in [0.5, 0.6) is 11.5 Å². The second-order valence-electron chi connectivity index (χ2n) is 9.69. The number of carbonyl (C=O) groups excluding carboxylic acids is 1. The van der Waals surface area contributed by atoms with Crippen molar-refractivity contribution in [2.75, 3.05) is 26.8 Å². The zero-order valence-corrected chi connectivity index (χ0v) is 21.7. The fourth-order valence-corrected chi connectivity index (χ4v) is 4.76. The molecule has 1 saturated heterocycles. The lowest BCUT2D eigenvalue weighted by Crippen LogP contribution is -2.44. The Kier molecular flexibility index (Phi) is 6.95. The average molecular weight is 532 g/mol. The van der Waals surface area contributed by atoms with Crippen molar-refractivity contribution in [3.8, 4) is 22.9 Å². The Morgan fingerprint density at radius 3 is 2.82 bits per heavy atom. The van der Waals surface area contributed by atoms with Gasteiger partial charge in [-0.25, -0.2) is 4.68 Å². The molecule has 0 radical (unpaired) electrons. The third kappa shape index (κ3) is 5.61. The van der Waals surface area contributed by atoms with Crippen LogP contribution in [-0.4, -0.2) is 74.9 Å². The SMILES string of the molecule is COc1ccc2cc1OCCn1cc(nn1)CO[C@H]1CN(Cc3nc(-c4ccc(C)cc4)no3)C[C@@H]1NC2=O. The van der Waals surface area contributed by atoms with E-state index in [1.807, 2.05) is 37.4 Å². The van der Waals surface area contributed by atoms with E-state index < -0.39 is 0 Å². The Balaban J connectivity index is 1.21. The van der Waals surface area contributed by atoms with E-state index in [4.69, 9.17) is 18.7 Å². The molecule has 0 saturated carbocycles. The fourth-order valence-electron chi connectivity index (χ4n) is 4.76. The smallest absolute Gasteiger partial charge is 0.251 e. The van der Waals surface area contributed by atoms with E-state index in [9.17, 15) is 4.79 Å². The first-order valence-corrected chi connectivity index (χ1v) is 12.8. The zero-order valence-electron chi connectivity index (χ0n) is 21.7. The summed E-state index contributed by atoms with van der Waals surface area (Å²) in [5.74, 6) is 1.86. The number of hydrogen-bond acceptors (Lipinski definition) is 10. The monoisotopic (exact) mass is 531 g/mol. The minimum atomic E-state index is -0.280. The molecule has 6 rings (SSSR count). The van der Waals surface area contributed by atoms with Crippen LogP contribution in [0.15, 0.2) is 53.2 Å². The standard InChI is InChI=1S/C27H29N7O5/c1-17-3-5-18(6-4-17)26-29-25(39-31-26)15-33-13-21-24(14-33)38-16-20-12-34(32-30-20)9-10-37-23-11-19(27(35)28-21)7-8-22(23)36-2/h3-8,11-12,21,24H,9-10,13-16H2,1-2H3,(H,28,35)/t21-,24-/m0/s1. The van der Waals surface area contributed by atoms with Crippen LogP contribution in [0, 0.1) is 6.92 Å². The van der Waals surface area contributed by atoms with Crippen molar-refractivity contribution in [1.82, 2.24) is 35.4 Å². The van der Waals surface area contributed by atoms with Crippen molar-refractivity contribution in [3.63, 3.8) is 0 Å². The Hall–Kier alpha value is -4.29. The Labute approximate surface area is 224 Å². The van der Waals surface area contributed by atoms with Crippen molar-refractivity contribution in [2.45, 2.75) is 38.8 Å². The molecule has 4 aromatic rings. The molecule has 1 N–H and O–H groups in total. The summed E-state index contributed by atoms with van der Waals surface area (Å²) in [4.78, 5) is 20.0. The first-order valence-electron chi connectivity index (χ1n) is 12.8. The van der Waals surface area contributed by atoms with Gasteiger partial charge in [-0.05, 0) is 25.1 Å². The van der Waals surface area contributed by atoms with E-state index in [0.717, 1.165) is 11.1 Å². The van der Waals surface area contributed by atoms with Gasteiger partial charge in [-0.15, -0.1) is 5.10 Å². The van der Waals surface area contributed by atoms with E-state index in [0.29, 0.717) is 67.3 Å². The first-order chi connectivity index (χ1) is 19.0. The molecule has 4 heterocycles. The molecule has 2 aliphatic heterocycles. The maximum Gasteiger partial charge on any atom is 0.251 e. The number of likely N-dealkylation sites (tertiary alicyclic amines) is 1. The predicted molar refractivity (Wildman–Crippen MR) is 138 cm³/mol. The molecule has 12 heteroatoms. The lowest BCUT2D eigenvalue weighted by molar-refractivity contribution is 0.0289. The molecule has 2 aliphatic rings. The molecule has 1 fully saturated rings. The summed E-state index contributed by atoms with van der Waals surface area (Å²) in [7, 11) is 1.57. The van der Waals surface area contributed by atoms with Crippen LogP contribution in [0.3, 0.4) is 0 Å². The molecule has 1 amide bonds.